The first-order chi connectivity index (χ1) is 11.0. The summed E-state index contributed by atoms with van der Waals surface area (Å²) in [5.41, 5.74) is 1.93. The molecule has 0 unspecified atom stereocenters. The summed E-state index contributed by atoms with van der Waals surface area (Å²) in [6.45, 7) is 3.57. The summed E-state index contributed by atoms with van der Waals surface area (Å²) in [5, 5.41) is 3.44. The molecule has 2 saturated heterocycles. The number of urea groups is 1. The topological polar surface area (TPSA) is 81.8 Å². The second-order valence-electron chi connectivity index (χ2n) is 6.08. The van der Waals surface area contributed by atoms with E-state index in [0.29, 0.717) is 5.56 Å². The molecule has 1 aromatic rings. The number of imide groups is 1. The van der Waals surface area contributed by atoms with E-state index in [-0.39, 0.29) is 12.5 Å². The van der Waals surface area contributed by atoms with Crippen LogP contribution >= 0.6 is 0 Å². The second kappa shape index (κ2) is 6.00. The van der Waals surface area contributed by atoms with Gasteiger partial charge in [-0.1, -0.05) is 30.3 Å². The molecule has 7 nitrogen and oxygen atoms in total. The van der Waals surface area contributed by atoms with Crippen molar-refractivity contribution in [3.05, 3.63) is 35.9 Å². The van der Waals surface area contributed by atoms with Gasteiger partial charge in [-0.2, -0.15) is 5.01 Å². The highest BCUT2D eigenvalue weighted by molar-refractivity contribution is 6.08. The Bertz CT molecular complexity index is 627. The molecule has 0 spiro atoms. The molecule has 1 aromatic carbocycles. The van der Waals surface area contributed by atoms with Crippen molar-refractivity contribution in [2.45, 2.75) is 25.3 Å². The van der Waals surface area contributed by atoms with Gasteiger partial charge in [-0.05, 0) is 38.4 Å². The Kier molecular flexibility index (Phi) is 4.04. The third-order valence-corrected chi connectivity index (χ3v) is 4.34. The first-order valence-corrected chi connectivity index (χ1v) is 7.75. The van der Waals surface area contributed by atoms with Crippen LogP contribution in [0, 0.1) is 0 Å². The Morgan fingerprint density at radius 1 is 1.22 bits per heavy atom. The maximum Gasteiger partial charge on any atom is 0.344 e. The molecule has 2 N–H and O–H groups in total. The number of amides is 4. The van der Waals surface area contributed by atoms with Crippen LogP contribution < -0.4 is 10.7 Å². The summed E-state index contributed by atoms with van der Waals surface area (Å²) in [6, 6.07) is 8.37. The zero-order valence-electron chi connectivity index (χ0n) is 13.0. The van der Waals surface area contributed by atoms with Crippen LogP contribution in [-0.4, -0.2) is 47.4 Å². The van der Waals surface area contributed by atoms with Crippen LogP contribution in [0.25, 0.3) is 0 Å². The number of benzene rings is 1. The summed E-state index contributed by atoms with van der Waals surface area (Å²) in [4.78, 5) is 38.8. The van der Waals surface area contributed by atoms with Crippen molar-refractivity contribution in [2.24, 2.45) is 0 Å². The maximum atomic E-state index is 12.6. The highest BCUT2D eigenvalue weighted by Gasteiger charge is 2.49. The van der Waals surface area contributed by atoms with E-state index in [9.17, 15) is 14.4 Å². The van der Waals surface area contributed by atoms with Gasteiger partial charge < -0.3 is 5.32 Å². The predicted octanol–water partition coefficient (Wildman–Crippen LogP) is 0.581. The number of carbonyl (C=O) groups is 3. The van der Waals surface area contributed by atoms with Gasteiger partial charge in [0.25, 0.3) is 11.8 Å². The molecule has 0 aliphatic carbocycles. The SMILES string of the molecule is C[C@@]1(c2ccccc2)NC(=O)N(NC(=O)CN2CCCC2)C1=O. The molecular formula is C16H20N4O3. The summed E-state index contributed by atoms with van der Waals surface area (Å²) in [5.74, 6) is -0.837. The van der Waals surface area contributed by atoms with E-state index in [0.717, 1.165) is 30.9 Å². The zero-order valence-corrected chi connectivity index (χ0v) is 13.0. The summed E-state index contributed by atoms with van der Waals surface area (Å²) in [7, 11) is 0. The van der Waals surface area contributed by atoms with Crippen molar-refractivity contribution < 1.29 is 14.4 Å². The quantitative estimate of drug-likeness (QED) is 0.796. The van der Waals surface area contributed by atoms with Gasteiger partial charge in [0.15, 0.2) is 0 Å². The van der Waals surface area contributed by atoms with E-state index in [1.807, 2.05) is 11.0 Å². The zero-order chi connectivity index (χ0) is 16.4. The lowest BCUT2D eigenvalue weighted by atomic mass is 9.92. The fourth-order valence-electron chi connectivity index (χ4n) is 3.01. The van der Waals surface area contributed by atoms with Crippen LogP contribution in [0.3, 0.4) is 0 Å². The molecule has 2 fully saturated rings. The fourth-order valence-corrected chi connectivity index (χ4v) is 3.01. The number of rotatable bonds is 4. The monoisotopic (exact) mass is 316 g/mol. The number of hydrogen-bond donors (Lipinski definition) is 2. The lowest BCUT2D eigenvalue weighted by Crippen LogP contribution is -2.50. The molecule has 2 aliphatic rings. The first kappa shape index (κ1) is 15.5. The Labute approximate surface area is 134 Å². The van der Waals surface area contributed by atoms with Crippen LogP contribution in [-0.2, 0) is 15.1 Å². The lowest BCUT2D eigenvalue weighted by molar-refractivity contribution is -0.139. The van der Waals surface area contributed by atoms with Gasteiger partial charge in [0.05, 0.1) is 6.54 Å². The summed E-state index contributed by atoms with van der Waals surface area (Å²) < 4.78 is 0. The van der Waals surface area contributed by atoms with E-state index in [1.165, 1.54) is 0 Å². The largest absolute Gasteiger partial charge is 0.344 e. The smallest absolute Gasteiger partial charge is 0.318 e. The van der Waals surface area contributed by atoms with Crippen LogP contribution in [0.15, 0.2) is 30.3 Å². The molecular weight excluding hydrogens is 296 g/mol. The van der Waals surface area contributed by atoms with Crippen molar-refractivity contribution in [1.82, 2.24) is 20.7 Å². The maximum absolute atomic E-state index is 12.6. The highest BCUT2D eigenvalue weighted by Crippen LogP contribution is 2.27. The average Bonchev–Trinajstić information content (AvgIpc) is 3.11. The molecule has 0 radical (unpaired) electrons. The molecule has 122 valence electrons. The van der Waals surface area contributed by atoms with E-state index in [2.05, 4.69) is 10.7 Å². The molecule has 0 bridgehead atoms. The van der Waals surface area contributed by atoms with E-state index in [1.54, 1.807) is 31.2 Å². The summed E-state index contributed by atoms with van der Waals surface area (Å²) >= 11 is 0. The Balaban J connectivity index is 1.70. The van der Waals surface area contributed by atoms with Gasteiger partial charge in [0.2, 0.25) is 0 Å². The van der Waals surface area contributed by atoms with Crippen LogP contribution in [0.4, 0.5) is 4.79 Å². The Morgan fingerprint density at radius 2 is 1.87 bits per heavy atom. The third kappa shape index (κ3) is 2.92. The van der Waals surface area contributed by atoms with Crippen LogP contribution in [0.1, 0.15) is 25.3 Å². The number of carbonyl (C=O) groups excluding carboxylic acids is 3. The van der Waals surface area contributed by atoms with Gasteiger partial charge in [-0.3, -0.25) is 19.9 Å². The van der Waals surface area contributed by atoms with Crippen molar-refractivity contribution in [1.29, 1.82) is 0 Å². The van der Waals surface area contributed by atoms with Crippen LogP contribution in [0.5, 0.6) is 0 Å². The summed E-state index contributed by atoms with van der Waals surface area (Å²) in [6.07, 6.45) is 2.14. The fraction of sp³-hybridized carbons (Fsp3) is 0.438. The van der Waals surface area contributed by atoms with Gasteiger partial charge >= 0.3 is 6.03 Å². The van der Waals surface area contributed by atoms with Gasteiger partial charge in [-0.25, -0.2) is 4.79 Å². The predicted molar refractivity (Wildman–Crippen MR) is 83.0 cm³/mol. The van der Waals surface area contributed by atoms with Gasteiger partial charge in [-0.15, -0.1) is 0 Å². The molecule has 0 saturated carbocycles. The molecule has 4 amide bonds. The van der Waals surface area contributed by atoms with Gasteiger partial charge in [0, 0.05) is 0 Å². The number of nitrogens with one attached hydrogen (secondary N) is 2. The molecule has 7 heteroatoms. The molecule has 3 rings (SSSR count). The van der Waals surface area contributed by atoms with Crippen molar-refractivity contribution >= 4 is 17.8 Å². The highest BCUT2D eigenvalue weighted by atomic mass is 16.2. The average molecular weight is 316 g/mol. The third-order valence-electron chi connectivity index (χ3n) is 4.34. The second-order valence-corrected chi connectivity index (χ2v) is 6.08. The number of nitrogens with zero attached hydrogens (tertiary/aromatic N) is 2. The molecule has 23 heavy (non-hydrogen) atoms. The number of hydrogen-bond acceptors (Lipinski definition) is 4. The van der Waals surface area contributed by atoms with Crippen LogP contribution in [0.2, 0.25) is 0 Å². The van der Waals surface area contributed by atoms with Crippen molar-refractivity contribution in [2.75, 3.05) is 19.6 Å². The molecule has 0 aromatic heterocycles. The minimum Gasteiger partial charge on any atom is -0.318 e. The minimum atomic E-state index is -1.17. The van der Waals surface area contributed by atoms with E-state index in [4.69, 9.17) is 0 Å². The number of likely N-dealkylation sites (tertiary alicyclic amines) is 1. The van der Waals surface area contributed by atoms with E-state index < -0.39 is 17.5 Å². The lowest BCUT2D eigenvalue weighted by Gasteiger charge is -2.22. The Hall–Kier alpha value is -2.41. The Morgan fingerprint density at radius 3 is 2.52 bits per heavy atom. The number of hydrazine groups is 1. The first-order valence-electron chi connectivity index (χ1n) is 7.75. The molecule has 2 heterocycles. The van der Waals surface area contributed by atoms with Crippen molar-refractivity contribution in [3.63, 3.8) is 0 Å². The van der Waals surface area contributed by atoms with E-state index >= 15 is 0 Å². The standard InChI is InChI=1S/C16H20N4O3/c1-16(12-7-3-2-4-8-12)14(22)20(15(23)17-16)18-13(21)11-19-9-5-6-10-19/h2-4,7-8H,5-6,9-11H2,1H3,(H,17,23)(H,18,21)/t16-/m0/s1. The minimum absolute atomic E-state index is 0.194. The normalized spacial score (nSPS) is 24.8. The molecule has 1 atom stereocenters. The van der Waals surface area contributed by atoms with Gasteiger partial charge in [0.1, 0.15) is 5.54 Å². The van der Waals surface area contributed by atoms with Crippen molar-refractivity contribution in [3.8, 4) is 0 Å². The molecule has 2 aliphatic heterocycles.